The van der Waals surface area contributed by atoms with E-state index in [1.54, 1.807) is 0 Å². The number of methoxy groups -OCH3 is 1. The van der Waals surface area contributed by atoms with E-state index >= 15 is 0 Å². The zero-order chi connectivity index (χ0) is 17.5. The van der Waals surface area contributed by atoms with Gasteiger partial charge in [0.2, 0.25) is 26.0 Å². The zero-order valence-electron chi connectivity index (χ0n) is 13.1. The summed E-state index contributed by atoms with van der Waals surface area (Å²) < 4.78 is 56.9. The number of hydrogen-bond donors (Lipinski definition) is 0. The summed E-state index contributed by atoms with van der Waals surface area (Å²) in [5.41, 5.74) is 0.0241. The molecular formula is C14H18N2O6S2. The summed E-state index contributed by atoms with van der Waals surface area (Å²) in [6.45, 7) is 0.827. The zero-order valence-corrected chi connectivity index (χ0v) is 14.8. The second-order valence-electron chi connectivity index (χ2n) is 5.67. The van der Waals surface area contributed by atoms with Crippen molar-refractivity contribution in [3.63, 3.8) is 0 Å². The predicted octanol–water partition coefficient (Wildman–Crippen LogP) is 0.546. The highest BCUT2D eigenvalue weighted by Gasteiger charge is 2.38. The molecule has 0 radical (unpaired) electrons. The van der Waals surface area contributed by atoms with E-state index in [4.69, 9.17) is 4.74 Å². The third kappa shape index (κ3) is 2.78. The predicted molar refractivity (Wildman–Crippen MR) is 86.9 cm³/mol. The van der Waals surface area contributed by atoms with Gasteiger partial charge in [-0.05, 0) is 31.0 Å². The largest absolute Gasteiger partial charge is 0.495 e. The van der Waals surface area contributed by atoms with Crippen LogP contribution in [0, 0.1) is 0 Å². The monoisotopic (exact) mass is 374 g/mol. The third-order valence-corrected chi connectivity index (χ3v) is 7.75. The van der Waals surface area contributed by atoms with Crippen LogP contribution in [0.5, 0.6) is 5.75 Å². The summed E-state index contributed by atoms with van der Waals surface area (Å²) in [6, 6.07) is 3.95. The average molecular weight is 374 g/mol. The Balaban J connectivity index is 2.11. The first kappa shape index (κ1) is 17.2. The normalized spacial score (nSPS) is 21.4. The Bertz CT molecular complexity index is 873. The maximum atomic E-state index is 12.8. The molecule has 2 saturated heterocycles. The van der Waals surface area contributed by atoms with E-state index in [1.807, 2.05) is 0 Å². The molecule has 0 N–H and O–H groups in total. The number of nitrogens with zero attached hydrogens (tertiary/aromatic N) is 2. The fourth-order valence-electron chi connectivity index (χ4n) is 2.93. The molecule has 0 aromatic heterocycles. The topological polar surface area (TPSA) is 101 Å². The van der Waals surface area contributed by atoms with Gasteiger partial charge in [0.25, 0.3) is 0 Å². The average Bonchev–Trinajstić information content (AvgIpc) is 3.16. The van der Waals surface area contributed by atoms with Gasteiger partial charge < -0.3 is 4.74 Å². The number of carbonyl (C=O) groups is 1. The molecule has 24 heavy (non-hydrogen) atoms. The van der Waals surface area contributed by atoms with Crippen LogP contribution in [-0.2, 0) is 24.8 Å². The van der Waals surface area contributed by atoms with Gasteiger partial charge in [0, 0.05) is 19.5 Å². The van der Waals surface area contributed by atoms with Crippen molar-refractivity contribution >= 4 is 31.6 Å². The van der Waals surface area contributed by atoms with Crippen LogP contribution in [0.1, 0.15) is 19.3 Å². The van der Waals surface area contributed by atoms with E-state index in [9.17, 15) is 21.6 Å². The molecular weight excluding hydrogens is 356 g/mol. The lowest BCUT2D eigenvalue weighted by Crippen LogP contribution is -2.31. The van der Waals surface area contributed by atoms with Gasteiger partial charge in [-0.15, -0.1) is 0 Å². The maximum Gasteiger partial charge on any atom is 0.246 e. The molecule has 0 atom stereocenters. The van der Waals surface area contributed by atoms with Crippen molar-refractivity contribution in [1.29, 1.82) is 0 Å². The minimum Gasteiger partial charge on any atom is -0.495 e. The summed E-state index contributed by atoms with van der Waals surface area (Å²) in [5, 5.41) is 0. The first-order valence-corrected chi connectivity index (χ1v) is 10.6. The van der Waals surface area contributed by atoms with Crippen molar-refractivity contribution in [2.45, 2.75) is 24.2 Å². The summed E-state index contributed by atoms with van der Waals surface area (Å²) >= 11 is 0. The minimum absolute atomic E-state index is 0.0241. The van der Waals surface area contributed by atoms with E-state index < -0.39 is 26.0 Å². The molecule has 0 unspecified atom stereocenters. The maximum absolute atomic E-state index is 12.8. The van der Waals surface area contributed by atoms with E-state index in [1.165, 1.54) is 29.6 Å². The number of ether oxygens (including phenoxy) is 1. The second-order valence-corrected chi connectivity index (χ2v) is 9.51. The minimum atomic E-state index is -3.81. The Kier molecular flexibility index (Phi) is 4.30. The number of anilines is 1. The number of benzene rings is 1. The lowest BCUT2D eigenvalue weighted by molar-refractivity contribution is -0.116. The van der Waals surface area contributed by atoms with Crippen LogP contribution in [0.2, 0.25) is 0 Å². The summed E-state index contributed by atoms with van der Waals surface area (Å²) in [7, 11) is -6.23. The highest BCUT2D eigenvalue weighted by Crippen LogP contribution is 2.34. The standard InChI is InChI=1S/C14H18N2O6S2/c1-22-12-5-4-11(16-14(17)6-9-23(16,18)19)10-13(12)24(20,21)15-7-2-3-8-15/h4-5,10H,2-3,6-9H2,1H3. The SMILES string of the molecule is COc1ccc(N2C(=O)CCS2(=O)=O)cc1S(=O)(=O)N1CCCC1. The fourth-order valence-corrected chi connectivity index (χ4v) is 6.07. The van der Waals surface area contributed by atoms with Gasteiger partial charge in [0.1, 0.15) is 10.6 Å². The number of amides is 1. The fraction of sp³-hybridized carbons (Fsp3) is 0.500. The van der Waals surface area contributed by atoms with Gasteiger partial charge >= 0.3 is 0 Å². The van der Waals surface area contributed by atoms with Gasteiger partial charge in [-0.3, -0.25) is 4.79 Å². The Morgan fingerprint density at radius 3 is 2.38 bits per heavy atom. The second kappa shape index (κ2) is 6.01. The molecule has 132 valence electrons. The van der Waals surface area contributed by atoms with Gasteiger partial charge in [0.05, 0.1) is 18.6 Å². The molecule has 1 aromatic carbocycles. The molecule has 0 saturated carbocycles. The first-order valence-electron chi connectivity index (χ1n) is 7.51. The van der Waals surface area contributed by atoms with Gasteiger partial charge in [-0.2, -0.15) is 4.31 Å². The van der Waals surface area contributed by atoms with Crippen LogP contribution >= 0.6 is 0 Å². The van der Waals surface area contributed by atoms with Crippen LogP contribution in [0.15, 0.2) is 23.1 Å². The molecule has 2 fully saturated rings. The quantitative estimate of drug-likeness (QED) is 0.763. The van der Waals surface area contributed by atoms with Crippen molar-refractivity contribution in [3.05, 3.63) is 18.2 Å². The Hall–Kier alpha value is -1.65. The van der Waals surface area contributed by atoms with Crippen LogP contribution in [0.25, 0.3) is 0 Å². The van der Waals surface area contributed by atoms with Gasteiger partial charge in [-0.1, -0.05) is 0 Å². The molecule has 0 bridgehead atoms. The number of sulfonamides is 2. The Morgan fingerprint density at radius 2 is 1.83 bits per heavy atom. The van der Waals surface area contributed by atoms with E-state index in [2.05, 4.69) is 0 Å². The number of rotatable bonds is 4. The lowest BCUT2D eigenvalue weighted by atomic mass is 10.3. The van der Waals surface area contributed by atoms with Gasteiger partial charge in [0.15, 0.2) is 0 Å². The van der Waals surface area contributed by atoms with Crippen molar-refractivity contribution in [1.82, 2.24) is 4.31 Å². The van der Waals surface area contributed by atoms with Crippen LogP contribution in [-0.4, -0.2) is 53.0 Å². The molecule has 2 aliphatic rings. The molecule has 2 heterocycles. The highest BCUT2D eigenvalue weighted by molar-refractivity contribution is 7.94. The Labute approximate surface area is 141 Å². The molecule has 1 amide bonds. The highest BCUT2D eigenvalue weighted by atomic mass is 32.2. The molecule has 0 spiro atoms. The van der Waals surface area contributed by atoms with Crippen LogP contribution < -0.4 is 9.04 Å². The van der Waals surface area contributed by atoms with Crippen LogP contribution in [0.3, 0.4) is 0 Å². The number of hydrogen-bond acceptors (Lipinski definition) is 6. The van der Waals surface area contributed by atoms with Crippen molar-refractivity contribution in [2.24, 2.45) is 0 Å². The van der Waals surface area contributed by atoms with Crippen LogP contribution in [0.4, 0.5) is 5.69 Å². The van der Waals surface area contributed by atoms with E-state index in [0.29, 0.717) is 17.4 Å². The van der Waals surface area contributed by atoms with Gasteiger partial charge in [-0.25, -0.2) is 21.1 Å². The lowest BCUT2D eigenvalue weighted by Gasteiger charge is -2.20. The van der Waals surface area contributed by atoms with E-state index in [0.717, 1.165) is 12.8 Å². The smallest absolute Gasteiger partial charge is 0.246 e. The molecule has 3 rings (SSSR count). The first-order chi connectivity index (χ1) is 11.3. The van der Waals surface area contributed by atoms with Crippen molar-refractivity contribution < 1.29 is 26.4 Å². The molecule has 10 heteroatoms. The molecule has 2 aliphatic heterocycles. The summed E-state index contributed by atoms with van der Waals surface area (Å²) in [4.78, 5) is 11.8. The van der Waals surface area contributed by atoms with Crippen molar-refractivity contribution in [2.75, 3.05) is 30.3 Å². The van der Waals surface area contributed by atoms with E-state index in [-0.39, 0.29) is 28.5 Å². The molecule has 1 aromatic rings. The Morgan fingerprint density at radius 1 is 1.17 bits per heavy atom. The third-order valence-electron chi connectivity index (χ3n) is 4.14. The summed E-state index contributed by atoms with van der Waals surface area (Å²) in [6.07, 6.45) is 1.45. The van der Waals surface area contributed by atoms with Crippen molar-refractivity contribution in [3.8, 4) is 5.75 Å². The number of carbonyl (C=O) groups excluding carboxylic acids is 1. The summed E-state index contributed by atoms with van der Waals surface area (Å²) in [5.74, 6) is -0.717. The molecule has 0 aliphatic carbocycles. The molecule has 8 nitrogen and oxygen atoms in total.